The van der Waals surface area contributed by atoms with Gasteiger partial charge in [-0.05, 0) is 60.4 Å². The Morgan fingerprint density at radius 2 is 1.84 bits per heavy atom. The van der Waals surface area contributed by atoms with Crippen LogP contribution in [0, 0.1) is 5.92 Å². The number of halogens is 1. The number of carbonyl (C=O) groups is 2. The van der Waals surface area contributed by atoms with Gasteiger partial charge in [-0.2, -0.15) is 0 Å². The number of hydrogen-bond donors (Lipinski definition) is 4. The van der Waals surface area contributed by atoms with Crippen LogP contribution in [0.5, 0.6) is 0 Å². The molecule has 0 spiro atoms. The summed E-state index contributed by atoms with van der Waals surface area (Å²) in [7, 11) is 0. The van der Waals surface area contributed by atoms with Crippen LogP contribution < -0.4 is 16.0 Å². The van der Waals surface area contributed by atoms with Crippen molar-refractivity contribution in [3.8, 4) is 0 Å². The Labute approximate surface area is 217 Å². The van der Waals surface area contributed by atoms with Gasteiger partial charge in [0.25, 0.3) is 0 Å². The van der Waals surface area contributed by atoms with Crippen molar-refractivity contribution < 1.29 is 14.7 Å². The molecule has 1 aromatic carbocycles. The molecule has 37 heavy (non-hydrogen) atoms. The number of pyridine rings is 1. The van der Waals surface area contributed by atoms with Gasteiger partial charge in [-0.25, -0.2) is 19.7 Å². The highest BCUT2D eigenvalue weighted by molar-refractivity contribution is 6.33. The molecular weight excluding hydrogens is 494 g/mol. The zero-order valence-corrected chi connectivity index (χ0v) is 20.4. The Morgan fingerprint density at radius 3 is 2.62 bits per heavy atom. The minimum absolute atomic E-state index is 0.0197. The van der Waals surface area contributed by atoms with Crippen LogP contribution in [-0.2, 0) is 11.3 Å². The first-order valence-corrected chi connectivity index (χ1v) is 12.4. The van der Waals surface area contributed by atoms with Crippen molar-refractivity contribution in [3.05, 3.63) is 77.0 Å². The van der Waals surface area contributed by atoms with E-state index in [9.17, 15) is 9.59 Å². The number of benzene rings is 1. The van der Waals surface area contributed by atoms with Gasteiger partial charge in [0.15, 0.2) is 0 Å². The summed E-state index contributed by atoms with van der Waals surface area (Å²) in [5.41, 5.74) is 4.36. The predicted octanol–water partition coefficient (Wildman–Crippen LogP) is 5.10. The summed E-state index contributed by atoms with van der Waals surface area (Å²) >= 11 is 6.18. The van der Waals surface area contributed by atoms with E-state index in [1.807, 2.05) is 6.20 Å². The Balaban J connectivity index is 1.05. The molecule has 4 N–H and O–H groups in total. The van der Waals surface area contributed by atoms with E-state index < -0.39 is 6.09 Å². The highest BCUT2D eigenvalue weighted by atomic mass is 35.5. The van der Waals surface area contributed by atoms with Gasteiger partial charge >= 0.3 is 6.09 Å². The molecule has 188 valence electrons. The molecule has 4 aromatic rings. The highest BCUT2D eigenvalue weighted by Crippen LogP contribution is 2.49. The molecule has 6 rings (SSSR count). The first-order valence-electron chi connectivity index (χ1n) is 12.1. The Morgan fingerprint density at radius 1 is 1.03 bits per heavy atom. The predicted molar refractivity (Wildman–Crippen MR) is 139 cm³/mol. The van der Waals surface area contributed by atoms with E-state index in [-0.39, 0.29) is 17.7 Å². The van der Waals surface area contributed by atoms with Gasteiger partial charge in [0.2, 0.25) is 5.91 Å². The standard InChI is InChI=1S/C26H24ClN7O3/c27-20-7-15(3-5-21(20)32-26(36)37)18-8-19(18)25(35)33-23-9-22(29-13-30-23)28-10-17-12-34-11-16(14-1-2-14)4-6-24(34)31-17/h3-7,9,11-14,18-19,32H,1-2,8,10H2,(H,36,37)(H2,28,29,30,33,35)/t18-,19+/m1/s1. The summed E-state index contributed by atoms with van der Waals surface area (Å²) < 4.78 is 2.06. The number of amides is 2. The Hall–Kier alpha value is -4.18. The Kier molecular flexibility index (Phi) is 5.88. The van der Waals surface area contributed by atoms with Crippen molar-refractivity contribution in [2.75, 3.05) is 16.0 Å². The summed E-state index contributed by atoms with van der Waals surface area (Å²) in [6.07, 6.45) is 7.59. The maximum atomic E-state index is 12.8. The van der Waals surface area contributed by atoms with Crippen LogP contribution in [0.2, 0.25) is 5.02 Å². The lowest BCUT2D eigenvalue weighted by atomic mass is 10.1. The minimum Gasteiger partial charge on any atom is -0.465 e. The lowest BCUT2D eigenvalue weighted by Crippen LogP contribution is -2.16. The van der Waals surface area contributed by atoms with Gasteiger partial charge in [0.1, 0.15) is 23.6 Å². The number of aromatic nitrogens is 4. The Bertz CT molecular complexity index is 1520. The van der Waals surface area contributed by atoms with E-state index in [0.29, 0.717) is 41.2 Å². The van der Waals surface area contributed by atoms with Gasteiger partial charge in [0.05, 0.1) is 22.9 Å². The number of imidazole rings is 1. The number of nitrogens with zero attached hydrogens (tertiary/aromatic N) is 4. The average molecular weight is 518 g/mol. The fourth-order valence-corrected chi connectivity index (χ4v) is 4.80. The van der Waals surface area contributed by atoms with Crippen LogP contribution in [0.3, 0.4) is 0 Å². The van der Waals surface area contributed by atoms with E-state index in [2.05, 4.69) is 53.6 Å². The van der Waals surface area contributed by atoms with E-state index in [0.717, 1.165) is 16.9 Å². The van der Waals surface area contributed by atoms with Crippen molar-refractivity contribution in [1.82, 2.24) is 19.4 Å². The smallest absolute Gasteiger partial charge is 0.409 e. The highest BCUT2D eigenvalue weighted by Gasteiger charge is 2.44. The first-order chi connectivity index (χ1) is 17.9. The molecule has 0 radical (unpaired) electrons. The summed E-state index contributed by atoms with van der Waals surface area (Å²) in [4.78, 5) is 36.7. The van der Waals surface area contributed by atoms with Crippen molar-refractivity contribution in [1.29, 1.82) is 0 Å². The zero-order chi connectivity index (χ0) is 25.5. The molecule has 10 nitrogen and oxygen atoms in total. The van der Waals surface area contributed by atoms with Gasteiger partial charge < -0.3 is 20.1 Å². The molecule has 2 amide bonds. The van der Waals surface area contributed by atoms with E-state index >= 15 is 0 Å². The summed E-state index contributed by atoms with van der Waals surface area (Å²) in [6.45, 7) is 0.489. The minimum atomic E-state index is -1.18. The molecule has 2 fully saturated rings. The van der Waals surface area contributed by atoms with Gasteiger partial charge in [-0.3, -0.25) is 10.1 Å². The number of rotatable bonds is 8. The van der Waals surface area contributed by atoms with E-state index in [1.165, 1.54) is 24.7 Å². The summed E-state index contributed by atoms with van der Waals surface area (Å²) in [6, 6.07) is 11.0. The molecule has 0 unspecified atom stereocenters. The fourth-order valence-electron chi connectivity index (χ4n) is 4.56. The lowest BCUT2D eigenvalue weighted by molar-refractivity contribution is -0.117. The maximum Gasteiger partial charge on any atom is 0.409 e. The first kappa shape index (κ1) is 23.2. The van der Waals surface area contributed by atoms with Crippen molar-refractivity contribution in [2.24, 2.45) is 5.92 Å². The monoisotopic (exact) mass is 517 g/mol. The van der Waals surface area contributed by atoms with Crippen LogP contribution in [-0.4, -0.2) is 36.5 Å². The molecule has 11 heteroatoms. The fraction of sp³-hybridized carbons (Fsp3) is 0.269. The second kappa shape index (κ2) is 9.36. The third-order valence-corrected chi connectivity index (χ3v) is 7.04. The van der Waals surface area contributed by atoms with Crippen LogP contribution in [0.15, 0.2) is 55.1 Å². The van der Waals surface area contributed by atoms with Crippen LogP contribution >= 0.6 is 11.6 Å². The number of hydrogen-bond acceptors (Lipinski definition) is 6. The van der Waals surface area contributed by atoms with E-state index in [4.69, 9.17) is 16.7 Å². The average Bonchev–Trinajstić information content (AvgIpc) is 3.80. The van der Waals surface area contributed by atoms with Crippen LogP contribution in [0.4, 0.5) is 22.1 Å². The molecule has 2 atom stereocenters. The molecule has 3 heterocycles. The largest absolute Gasteiger partial charge is 0.465 e. The lowest BCUT2D eigenvalue weighted by Gasteiger charge is -2.08. The van der Waals surface area contributed by atoms with Crippen molar-refractivity contribution in [3.63, 3.8) is 0 Å². The molecule has 2 saturated carbocycles. The topological polar surface area (TPSA) is 134 Å². The number of carbonyl (C=O) groups excluding carboxylic acids is 1. The molecule has 2 aliphatic carbocycles. The second-order valence-corrected chi connectivity index (χ2v) is 9.89. The number of nitrogens with one attached hydrogen (secondary N) is 3. The third-order valence-electron chi connectivity index (χ3n) is 6.73. The normalized spacial score (nSPS) is 18.4. The number of fused-ring (bicyclic) bond motifs is 1. The summed E-state index contributed by atoms with van der Waals surface area (Å²) in [5, 5.41) is 17.5. The summed E-state index contributed by atoms with van der Waals surface area (Å²) in [5.74, 6) is 1.36. The maximum absolute atomic E-state index is 12.8. The molecule has 3 aromatic heterocycles. The quantitative estimate of drug-likeness (QED) is 0.255. The van der Waals surface area contributed by atoms with Crippen molar-refractivity contribution in [2.45, 2.75) is 37.6 Å². The SMILES string of the molecule is O=C(O)Nc1ccc([C@H]2C[C@@H]2C(=O)Nc2cc(NCc3cn4cc(C5CC5)ccc4n3)ncn2)cc1Cl. The molecule has 0 aliphatic heterocycles. The zero-order valence-electron chi connectivity index (χ0n) is 19.7. The number of carboxylic acid groups (broad SMARTS) is 1. The van der Waals surface area contributed by atoms with Crippen molar-refractivity contribution >= 4 is 46.6 Å². The number of anilines is 3. The van der Waals surface area contributed by atoms with Gasteiger partial charge in [0, 0.05) is 24.4 Å². The molecule has 0 saturated heterocycles. The van der Waals surface area contributed by atoms with E-state index in [1.54, 1.807) is 24.3 Å². The third kappa shape index (κ3) is 5.19. The molecule has 2 aliphatic rings. The van der Waals surface area contributed by atoms with Gasteiger partial charge in [-0.1, -0.05) is 23.7 Å². The molecule has 0 bridgehead atoms. The van der Waals surface area contributed by atoms with Crippen LogP contribution in [0.1, 0.15) is 47.9 Å². The molecular formula is C26H24ClN7O3. The second-order valence-electron chi connectivity index (χ2n) is 9.48. The van der Waals surface area contributed by atoms with Crippen LogP contribution in [0.25, 0.3) is 5.65 Å². The van der Waals surface area contributed by atoms with Gasteiger partial charge in [-0.15, -0.1) is 0 Å².